The van der Waals surface area contributed by atoms with Gasteiger partial charge >= 0.3 is 0 Å². The maximum absolute atomic E-state index is 5.96. The minimum atomic E-state index is 0.564. The number of nitrogens with one attached hydrogen (secondary N) is 1. The molecule has 0 bridgehead atoms. The lowest BCUT2D eigenvalue weighted by molar-refractivity contribution is 0.429. The van der Waals surface area contributed by atoms with Crippen LogP contribution >= 0.6 is 23.4 Å². The summed E-state index contributed by atoms with van der Waals surface area (Å²) in [5.74, 6) is 1.03. The van der Waals surface area contributed by atoms with Crippen molar-refractivity contribution in [1.29, 1.82) is 0 Å². The molecular weight excluding hydrogens is 242 g/mol. The Hall–Kier alpha value is -0.320. The standard InChI is InChI=1S/C11H16ClN3S/c1-8-6-14-11(15-10(8)12)16-7-9-4-2-3-5-13-9/h6,9,13H,2-5,7H2,1H3. The lowest BCUT2D eigenvalue weighted by atomic mass is 10.1. The van der Waals surface area contributed by atoms with Crippen LogP contribution in [0, 0.1) is 6.92 Å². The van der Waals surface area contributed by atoms with Crippen molar-refractivity contribution in [3.63, 3.8) is 0 Å². The molecule has 1 aliphatic rings. The van der Waals surface area contributed by atoms with Crippen LogP contribution in [0.3, 0.4) is 0 Å². The van der Waals surface area contributed by atoms with Crippen molar-refractivity contribution in [3.05, 3.63) is 16.9 Å². The Balaban J connectivity index is 1.86. The van der Waals surface area contributed by atoms with Gasteiger partial charge < -0.3 is 5.32 Å². The average Bonchev–Trinajstić information content (AvgIpc) is 2.32. The van der Waals surface area contributed by atoms with Crippen molar-refractivity contribution in [2.24, 2.45) is 0 Å². The van der Waals surface area contributed by atoms with E-state index in [-0.39, 0.29) is 0 Å². The van der Waals surface area contributed by atoms with Gasteiger partial charge in [0.15, 0.2) is 5.16 Å². The first-order valence-electron chi connectivity index (χ1n) is 5.61. The van der Waals surface area contributed by atoms with E-state index in [1.807, 2.05) is 6.92 Å². The van der Waals surface area contributed by atoms with E-state index in [0.717, 1.165) is 23.0 Å². The van der Waals surface area contributed by atoms with E-state index in [0.29, 0.717) is 11.2 Å². The number of thioether (sulfide) groups is 1. The van der Waals surface area contributed by atoms with Crippen LogP contribution in [0.15, 0.2) is 11.4 Å². The van der Waals surface area contributed by atoms with Gasteiger partial charge in [-0.15, -0.1) is 0 Å². The molecule has 2 rings (SSSR count). The molecule has 1 atom stereocenters. The summed E-state index contributed by atoms with van der Waals surface area (Å²) in [6.45, 7) is 3.06. The Bertz CT molecular complexity index is 353. The number of nitrogens with zero attached hydrogens (tertiary/aromatic N) is 2. The van der Waals surface area contributed by atoms with Gasteiger partial charge in [-0.2, -0.15) is 0 Å². The fourth-order valence-electron chi connectivity index (χ4n) is 1.72. The predicted molar refractivity (Wildman–Crippen MR) is 68.1 cm³/mol. The van der Waals surface area contributed by atoms with E-state index >= 15 is 0 Å². The molecular formula is C11H16ClN3S. The minimum Gasteiger partial charge on any atom is -0.313 e. The highest BCUT2D eigenvalue weighted by atomic mass is 35.5. The molecule has 0 radical (unpaired) electrons. The molecule has 5 heteroatoms. The third kappa shape index (κ3) is 3.34. The molecule has 1 aliphatic heterocycles. The number of aromatic nitrogens is 2. The zero-order valence-electron chi connectivity index (χ0n) is 9.37. The maximum Gasteiger partial charge on any atom is 0.189 e. The molecule has 1 N–H and O–H groups in total. The molecule has 1 aromatic heterocycles. The highest BCUT2D eigenvalue weighted by Gasteiger charge is 2.13. The first-order chi connectivity index (χ1) is 7.75. The van der Waals surface area contributed by atoms with Crippen LogP contribution in [0.2, 0.25) is 5.15 Å². The summed E-state index contributed by atoms with van der Waals surface area (Å²) >= 11 is 7.64. The maximum atomic E-state index is 5.96. The second-order valence-electron chi connectivity index (χ2n) is 4.08. The summed E-state index contributed by atoms with van der Waals surface area (Å²) < 4.78 is 0. The van der Waals surface area contributed by atoms with Gasteiger partial charge in [0.05, 0.1) is 0 Å². The van der Waals surface area contributed by atoms with Gasteiger partial charge in [0.2, 0.25) is 0 Å². The van der Waals surface area contributed by atoms with Crippen molar-refractivity contribution in [1.82, 2.24) is 15.3 Å². The largest absolute Gasteiger partial charge is 0.313 e. The van der Waals surface area contributed by atoms with Crippen molar-refractivity contribution in [2.45, 2.75) is 37.4 Å². The molecule has 2 heterocycles. The predicted octanol–water partition coefficient (Wildman–Crippen LogP) is 2.67. The number of piperidine rings is 1. The Kier molecular flexibility index (Phi) is 4.44. The molecule has 0 spiro atoms. The summed E-state index contributed by atoms with van der Waals surface area (Å²) in [6.07, 6.45) is 5.67. The molecule has 3 nitrogen and oxygen atoms in total. The molecule has 88 valence electrons. The summed E-state index contributed by atoms with van der Waals surface area (Å²) in [4.78, 5) is 8.51. The van der Waals surface area contributed by atoms with Gasteiger partial charge in [-0.05, 0) is 26.3 Å². The van der Waals surface area contributed by atoms with E-state index in [9.17, 15) is 0 Å². The second kappa shape index (κ2) is 5.84. The molecule has 1 saturated heterocycles. The second-order valence-corrected chi connectivity index (χ2v) is 5.43. The van der Waals surface area contributed by atoms with E-state index in [1.165, 1.54) is 19.3 Å². The third-order valence-electron chi connectivity index (χ3n) is 2.71. The van der Waals surface area contributed by atoms with Gasteiger partial charge in [0.1, 0.15) is 5.15 Å². The van der Waals surface area contributed by atoms with Gasteiger partial charge in [0, 0.05) is 23.6 Å². The SMILES string of the molecule is Cc1cnc(SCC2CCCCN2)nc1Cl. The van der Waals surface area contributed by atoms with Gasteiger partial charge in [-0.3, -0.25) is 0 Å². The fourth-order valence-corrected chi connectivity index (χ4v) is 2.81. The van der Waals surface area contributed by atoms with Crippen molar-refractivity contribution >= 4 is 23.4 Å². The molecule has 0 saturated carbocycles. The average molecular weight is 258 g/mol. The number of hydrogen-bond acceptors (Lipinski definition) is 4. The lowest BCUT2D eigenvalue weighted by Gasteiger charge is -2.22. The summed E-state index contributed by atoms with van der Waals surface area (Å²) in [6, 6.07) is 0.599. The molecule has 0 aromatic carbocycles. The fraction of sp³-hybridized carbons (Fsp3) is 0.636. The normalized spacial score (nSPS) is 21.0. The number of halogens is 1. The van der Waals surface area contributed by atoms with Crippen molar-refractivity contribution in [3.8, 4) is 0 Å². The molecule has 1 unspecified atom stereocenters. The van der Waals surface area contributed by atoms with E-state index < -0.39 is 0 Å². The lowest BCUT2D eigenvalue weighted by Crippen LogP contribution is -2.35. The summed E-state index contributed by atoms with van der Waals surface area (Å²) in [5, 5.41) is 4.85. The van der Waals surface area contributed by atoms with Crippen molar-refractivity contribution < 1.29 is 0 Å². The minimum absolute atomic E-state index is 0.564. The zero-order chi connectivity index (χ0) is 11.4. The van der Waals surface area contributed by atoms with Crippen LogP contribution in [-0.2, 0) is 0 Å². The molecule has 16 heavy (non-hydrogen) atoms. The van der Waals surface area contributed by atoms with Crippen LogP contribution in [0.25, 0.3) is 0 Å². The smallest absolute Gasteiger partial charge is 0.189 e. The Morgan fingerprint density at radius 2 is 2.44 bits per heavy atom. The van der Waals surface area contributed by atoms with Crippen LogP contribution in [0.1, 0.15) is 24.8 Å². The van der Waals surface area contributed by atoms with Crippen LogP contribution < -0.4 is 5.32 Å². The van der Waals surface area contributed by atoms with Gasteiger partial charge in [-0.25, -0.2) is 9.97 Å². The number of hydrogen-bond donors (Lipinski definition) is 1. The van der Waals surface area contributed by atoms with Crippen molar-refractivity contribution in [2.75, 3.05) is 12.3 Å². The Morgan fingerprint density at radius 1 is 1.56 bits per heavy atom. The Labute approximate surface area is 105 Å². The first-order valence-corrected chi connectivity index (χ1v) is 6.97. The molecule has 0 amide bonds. The molecule has 1 aromatic rings. The quantitative estimate of drug-likeness (QED) is 0.513. The van der Waals surface area contributed by atoms with Gasteiger partial charge in [-0.1, -0.05) is 29.8 Å². The van der Waals surface area contributed by atoms with E-state index in [2.05, 4.69) is 15.3 Å². The third-order valence-corrected chi connectivity index (χ3v) is 4.12. The molecule has 0 aliphatic carbocycles. The van der Waals surface area contributed by atoms with E-state index in [1.54, 1.807) is 18.0 Å². The number of rotatable bonds is 3. The van der Waals surface area contributed by atoms with Gasteiger partial charge in [0.25, 0.3) is 0 Å². The zero-order valence-corrected chi connectivity index (χ0v) is 10.9. The highest BCUT2D eigenvalue weighted by molar-refractivity contribution is 7.99. The monoisotopic (exact) mass is 257 g/mol. The summed E-state index contributed by atoms with van der Waals surface area (Å²) in [5.41, 5.74) is 0.932. The van der Waals surface area contributed by atoms with Crippen LogP contribution in [-0.4, -0.2) is 28.3 Å². The van der Waals surface area contributed by atoms with Crippen LogP contribution in [0.5, 0.6) is 0 Å². The Morgan fingerprint density at radius 3 is 3.12 bits per heavy atom. The van der Waals surface area contributed by atoms with Crippen LogP contribution in [0.4, 0.5) is 0 Å². The first kappa shape index (κ1) is 12.1. The van der Waals surface area contributed by atoms with E-state index in [4.69, 9.17) is 11.6 Å². The molecule has 1 fully saturated rings. The summed E-state index contributed by atoms with van der Waals surface area (Å²) in [7, 11) is 0. The topological polar surface area (TPSA) is 37.8 Å². The highest BCUT2D eigenvalue weighted by Crippen LogP contribution is 2.20. The number of aryl methyl sites for hydroxylation is 1.